The van der Waals surface area contributed by atoms with E-state index in [1.54, 1.807) is 7.11 Å². The van der Waals surface area contributed by atoms with Crippen LogP contribution in [0.5, 0.6) is 0 Å². The van der Waals surface area contributed by atoms with Crippen LogP contribution >= 0.6 is 12.4 Å². The second-order valence-corrected chi connectivity index (χ2v) is 6.46. The molecule has 4 nitrogen and oxygen atoms in total. The molecular formula is C18H29ClN2O2. The fourth-order valence-electron chi connectivity index (χ4n) is 3.33. The molecule has 0 aliphatic heterocycles. The number of nitrogens with one attached hydrogen (secondary N) is 1. The fourth-order valence-corrected chi connectivity index (χ4v) is 3.33. The average Bonchev–Trinajstić information content (AvgIpc) is 3.01. The third kappa shape index (κ3) is 6.13. The standard InChI is InChI=1S/C18H28N2O2.ClH/c1-22-12-11-18(9-5-6-10-18)14-20-17(21)16(19)13-15-7-3-2-4-8-15;/h2-4,7-8,16H,5-6,9-14,19H2,1H3,(H,20,21);1H/t16-;/m0./s1. The van der Waals surface area contributed by atoms with Gasteiger partial charge in [-0.3, -0.25) is 4.79 Å². The van der Waals surface area contributed by atoms with Gasteiger partial charge in [0.25, 0.3) is 0 Å². The summed E-state index contributed by atoms with van der Waals surface area (Å²) in [6, 6.07) is 9.43. The van der Waals surface area contributed by atoms with Crippen molar-refractivity contribution in [3.63, 3.8) is 0 Å². The molecule has 1 saturated carbocycles. The number of hydrogen-bond donors (Lipinski definition) is 2. The van der Waals surface area contributed by atoms with Crippen LogP contribution in [-0.4, -0.2) is 32.2 Å². The summed E-state index contributed by atoms with van der Waals surface area (Å²) >= 11 is 0. The van der Waals surface area contributed by atoms with Gasteiger partial charge in [0.1, 0.15) is 0 Å². The normalized spacial score (nSPS) is 17.3. The van der Waals surface area contributed by atoms with Crippen LogP contribution < -0.4 is 11.1 Å². The molecule has 1 aromatic rings. The molecule has 0 saturated heterocycles. The van der Waals surface area contributed by atoms with E-state index >= 15 is 0 Å². The first-order valence-electron chi connectivity index (χ1n) is 8.21. The molecular weight excluding hydrogens is 312 g/mol. The number of carbonyl (C=O) groups is 1. The third-order valence-electron chi connectivity index (χ3n) is 4.77. The van der Waals surface area contributed by atoms with Gasteiger partial charge in [0.05, 0.1) is 6.04 Å². The van der Waals surface area contributed by atoms with Crippen LogP contribution in [0.15, 0.2) is 30.3 Å². The largest absolute Gasteiger partial charge is 0.385 e. The number of methoxy groups -OCH3 is 1. The number of ether oxygens (including phenoxy) is 1. The van der Waals surface area contributed by atoms with Crippen LogP contribution in [0.1, 0.15) is 37.7 Å². The smallest absolute Gasteiger partial charge is 0.237 e. The van der Waals surface area contributed by atoms with Crippen LogP contribution in [-0.2, 0) is 16.0 Å². The van der Waals surface area contributed by atoms with Gasteiger partial charge < -0.3 is 15.8 Å². The molecule has 1 atom stereocenters. The minimum atomic E-state index is -0.483. The summed E-state index contributed by atoms with van der Waals surface area (Å²) in [6.45, 7) is 1.48. The van der Waals surface area contributed by atoms with E-state index in [4.69, 9.17) is 10.5 Å². The molecule has 0 bridgehead atoms. The second-order valence-electron chi connectivity index (χ2n) is 6.46. The van der Waals surface area contributed by atoms with Crippen LogP contribution in [0.2, 0.25) is 0 Å². The highest BCUT2D eigenvalue weighted by Gasteiger charge is 2.34. The van der Waals surface area contributed by atoms with Gasteiger partial charge in [0, 0.05) is 20.3 Å². The number of hydrogen-bond acceptors (Lipinski definition) is 3. The topological polar surface area (TPSA) is 64.3 Å². The van der Waals surface area contributed by atoms with Crippen LogP contribution in [0.3, 0.4) is 0 Å². The molecule has 5 heteroatoms. The van der Waals surface area contributed by atoms with Crippen molar-refractivity contribution in [2.45, 2.75) is 44.6 Å². The third-order valence-corrected chi connectivity index (χ3v) is 4.77. The van der Waals surface area contributed by atoms with Crippen molar-refractivity contribution >= 4 is 18.3 Å². The van der Waals surface area contributed by atoms with E-state index in [1.165, 1.54) is 25.7 Å². The highest BCUT2D eigenvalue weighted by atomic mass is 35.5. The zero-order valence-corrected chi connectivity index (χ0v) is 14.7. The van der Waals surface area contributed by atoms with Crippen LogP contribution in [0, 0.1) is 5.41 Å². The first-order valence-corrected chi connectivity index (χ1v) is 8.21. The maximum atomic E-state index is 12.3. The molecule has 0 unspecified atom stereocenters. The molecule has 1 amide bonds. The quantitative estimate of drug-likeness (QED) is 0.764. The summed E-state index contributed by atoms with van der Waals surface area (Å²) in [5.41, 5.74) is 7.34. The Kier molecular flexibility index (Phi) is 8.59. The molecule has 0 radical (unpaired) electrons. The minimum Gasteiger partial charge on any atom is -0.385 e. The van der Waals surface area contributed by atoms with Gasteiger partial charge in [-0.15, -0.1) is 12.4 Å². The highest BCUT2D eigenvalue weighted by molar-refractivity contribution is 5.85. The first kappa shape index (κ1) is 19.9. The SMILES string of the molecule is COCCC1(CNC(=O)[C@@H](N)Cc2ccccc2)CCCC1.Cl. The van der Waals surface area contributed by atoms with Crippen molar-refractivity contribution in [2.75, 3.05) is 20.3 Å². The van der Waals surface area contributed by atoms with Crippen molar-refractivity contribution in [1.82, 2.24) is 5.32 Å². The Hall–Kier alpha value is -1.10. The first-order chi connectivity index (χ1) is 10.7. The van der Waals surface area contributed by atoms with Crippen LogP contribution in [0.25, 0.3) is 0 Å². The van der Waals surface area contributed by atoms with E-state index < -0.39 is 6.04 Å². The van der Waals surface area contributed by atoms with Gasteiger partial charge in [-0.25, -0.2) is 0 Å². The highest BCUT2D eigenvalue weighted by Crippen LogP contribution is 2.40. The Labute approximate surface area is 145 Å². The van der Waals surface area contributed by atoms with Crippen molar-refractivity contribution in [1.29, 1.82) is 0 Å². The lowest BCUT2D eigenvalue weighted by Crippen LogP contribution is -2.46. The monoisotopic (exact) mass is 340 g/mol. The number of nitrogens with two attached hydrogens (primary N) is 1. The second kappa shape index (κ2) is 9.91. The molecule has 3 N–H and O–H groups in total. The Balaban J connectivity index is 0.00000264. The number of carbonyl (C=O) groups excluding carboxylic acids is 1. The van der Waals surface area contributed by atoms with Crippen molar-refractivity contribution < 1.29 is 9.53 Å². The molecule has 1 fully saturated rings. The lowest BCUT2D eigenvalue weighted by Gasteiger charge is -2.29. The molecule has 2 rings (SSSR count). The molecule has 23 heavy (non-hydrogen) atoms. The van der Waals surface area contributed by atoms with Gasteiger partial charge in [-0.1, -0.05) is 43.2 Å². The fraction of sp³-hybridized carbons (Fsp3) is 0.611. The number of benzene rings is 1. The van der Waals surface area contributed by atoms with Crippen molar-refractivity contribution in [2.24, 2.45) is 11.1 Å². The molecule has 130 valence electrons. The predicted molar refractivity (Wildman–Crippen MR) is 95.8 cm³/mol. The summed E-state index contributed by atoms with van der Waals surface area (Å²) in [7, 11) is 1.73. The Morgan fingerprint density at radius 1 is 1.30 bits per heavy atom. The van der Waals surface area contributed by atoms with Crippen molar-refractivity contribution in [3.05, 3.63) is 35.9 Å². The van der Waals surface area contributed by atoms with E-state index in [1.807, 2.05) is 30.3 Å². The van der Waals surface area contributed by atoms with Gasteiger partial charge in [0.2, 0.25) is 5.91 Å². The molecule has 1 aromatic carbocycles. The van der Waals surface area contributed by atoms with E-state index in [0.717, 1.165) is 25.1 Å². The summed E-state index contributed by atoms with van der Waals surface area (Å²) in [4.78, 5) is 12.3. The molecule has 0 spiro atoms. The molecule has 1 aliphatic rings. The number of rotatable bonds is 8. The minimum absolute atomic E-state index is 0. The van der Waals surface area contributed by atoms with Gasteiger partial charge in [0.15, 0.2) is 0 Å². The van der Waals surface area contributed by atoms with E-state index in [2.05, 4.69) is 5.32 Å². The maximum Gasteiger partial charge on any atom is 0.237 e. The lowest BCUT2D eigenvalue weighted by molar-refractivity contribution is -0.122. The maximum absolute atomic E-state index is 12.3. The zero-order valence-electron chi connectivity index (χ0n) is 13.9. The van der Waals surface area contributed by atoms with E-state index in [9.17, 15) is 4.79 Å². The van der Waals surface area contributed by atoms with E-state index in [0.29, 0.717) is 6.42 Å². The molecule has 1 aliphatic carbocycles. The van der Waals surface area contributed by atoms with Gasteiger partial charge in [-0.2, -0.15) is 0 Å². The van der Waals surface area contributed by atoms with Gasteiger partial charge >= 0.3 is 0 Å². The van der Waals surface area contributed by atoms with Crippen LogP contribution in [0.4, 0.5) is 0 Å². The summed E-state index contributed by atoms with van der Waals surface area (Å²) in [5.74, 6) is -0.0486. The summed E-state index contributed by atoms with van der Waals surface area (Å²) in [5, 5.41) is 3.07. The van der Waals surface area contributed by atoms with Crippen molar-refractivity contribution in [3.8, 4) is 0 Å². The molecule has 0 aromatic heterocycles. The Morgan fingerprint density at radius 3 is 2.57 bits per heavy atom. The number of halogens is 1. The van der Waals surface area contributed by atoms with E-state index in [-0.39, 0.29) is 23.7 Å². The predicted octanol–water partition coefficient (Wildman–Crippen LogP) is 2.69. The van der Waals surface area contributed by atoms with Gasteiger partial charge in [-0.05, 0) is 36.7 Å². The summed E-state index contributed by atoms with van der Waals surface area (Å²) in [6.07, 6.45) is 6.43. The Morgan fingerprint density at radius 2 is 1.96 bits per heavy atom. The molecule has 0 heterocycles. The summed E-state index contributed by atoms with van der Waals surface area (Å²) < 4.78 is 5.22. The Bertz CT molecular complexity index is 461. The average molecular weight is 341 g/mol. The zero-order chi connectivity index (χ0) is 15.8. The number of amides is 1. The lowest BCUT2D eigenvalue weighted by atomic mass is 9.83.